The molecule has 0 radical (unpaired) electrons. The first-order chi connectivity index (χ1) is 16.8. The number of hydrogen-bond acceptors (Lipinski definition) is 13. The van der Waals surface area contributed by atoms with E-state index in [1.165, 1.54) is 0 Å². The van der Waals surface area contributed by atoms with Crippen LogP contribution in [0.2, 0.25) is 0 Å². The molecule has 0 saturated heterocycles. The van der Waals surface area contributed by atoms with Crippen LogP contribution in [0.5, 0.6) is 0 Å². The van der Waals surface area contributed by atoms with E-state index < -0.39 is 11.4 Å². The minimum Gasteiger partial charge on any atom is -0.478 e. The van der Waals surface area contributed by atoms with E-state index in [0.29, 0.717) is 46.1 Å². The molecule has 10 N–H and O–H groups in total. The molecule has 0 atom stereocenters. The molecule has 0 bridgehead atoms. The van der Waals surface area contributed by atoms with Gasteiger partial charge in [-0.1, -0.05) is 13.5 Å². The monoisotopic (exact) mass is 524 g/mol. The Balaban J connectivity index is -0.000000108. The molecule has 0 aliphatic carbocycles. The van der Waals surface area contributed by atoms with Crippen molar-refractivity contribution >= 4 is 5.97 Å². The summed E-state index contributed by atoms with van der Waals surface area (Å²) in [6.07, 6.45) is 1.43. The summed E-state index contributed by atoms with van der Waals surface area (Å²) < 4.78 is 13.9. The average Bonchev–Trinajstić information content (AvgIpc) is 2.88. The first-order valence-electron chi connectivity index (χ1n) is 10.8. The van der Waals surface area contributed by atoms with Gasteiger partial charge in [0.25, 0.3) is 0 Å². The molecule has 35 heavy (non-hydrogen) atoms. The van der Waals surface area contributed by atoms with Crippen molar-refractivity contribution in [3.8, 4) is 0 Å². The topological polar surface area (TPSA) is 247 Å². The van der Waals surface area contributed by atoms with Crippen molar-refractivity contribution in [1.29, 1.82) is 0 Å². The fourth-order valence-corrected chi connectivity index (χ4v) is 1.18. The summed E-state index contributed by atoms with van der Waals surface area (Å²) in [5.41, 5.74) is -0.667. The van der Waals surface area contributed by atoms with Gasteiger partial charge in [-0.3, -0.25) is 0 Å². The Morgan fingerprint density at radius 1 is 0.629 bits per heavy atom. The summed E-state index contributed by atoms with van der Waals surface area (Å²) in [6.45, 7) is 6.40. The highest BCUT2D eigenvalue weighted by Crippen LogP contribution is 2.18. The number of aliphatic hydroxyl groups excluding tert-OH is 9. The Morgan fingerprint density at radius 3 is 0.886 bits per heavy atom. The summed E-state index contributed by atoms with van der Waals surface area (Å²) in [4.78, 5) is 9.25. The van der Waals surface area contributed by atoms with Crippen LogP contribution in [0.25, 0.3) is 0 Å². The lowest BCUT2D eigenvalue weighted by Crippen LogP contribution is -2.32. The number of ether oxygens (including phenoxy) is 3. The minimum atomic E-state index is -0.981. The van der Waals surface area contributed by atoms with Gasteiger partial charge in [-0.2, -0.15) is 0 Å². The fraction of sp³-hybridized carbons (Fsp3) is 0.857. The van der Waals surface area contributed by atoms with E-state index in [2.05, 4.69) is 20.8 Å². The second-order valence-electron chi connectivity index (χ2n) is 6.05. The molecular weight excluding hydrogens is 476 g/mol. The highest BCUT2D eigenvalue weighted by atomic mass is 16.5. The lowest BCUT2D eigenvalue weighted by molar-refractivity contribution is -0.131. The maximum absolute atomic E-state index is 9.25. The summed E-state index contributed by atoms with van der Waals surface area (Å²) in [6, 6.07) is 0. The third kappa shape index (κ3) is 50.5. The number of hydrogen-bond donors (Lipinski definition) is 10. The average molecular weight is 525 g/mol. The normalized spacial score (nSPS) is 9.66. The van der Waals surface area contributed by atoms with Gasteiger partial charge in [-0.05, 0) is 6.42 Å². The second kappa shape index (κ2) is 42.9. The number of carboxylic acids is 1. The molecule has 0 aromatic heterocycles. The molecule has 0 unspecified atom stereocenters. The summed E-state index contributed by atoms with van der Waals surface area (Å²) >= 11 is 0. The third-order valence-corrected chi connectivity index (χ3v) is 3.34. The Labute approximate surface area is 207 Å². The van der Waals surface area contributed by atoms with Gasteiger partial charge in [0.15, 0.2) is 0 Å². The van der Waals surface area contributed by atoms with E-state index in [1.54, 1.807) is 0 Å². The van der Waals surface area contributed by atoms with Gasteiger partial charge in [0.1, 0.15) is 0 Å². The quantitative estimate of drug-likeness (QED) is 0.0657. The number of carbonyl (C=O) groups is 1. The second-order valence-corrected chi connectivity index (χ2v) is 6.05. The van der Waals surface area contributed by atoms with Crippen molar-refractivity contribution in [2.45, 2.75) is 13.3 Å². The molecule has 14 heteroatoms. The summed E-state index contributed by atoms with van der Waals surface area (Å²) in [7, 11) is 0. The predicted octanol–water partition coefficient (Wildman–Crippen LogP) is -3.42. The van der Waals surface area contributed by atoms with Gasteiger partial charge < -0.3 is 65.3 Å². The first kappa shape index (κ1) is 43.8. The molecule has 0 rings (SSSR count). The molecule has 0 amide bonds. The molecule has 0 heterocycles. The van der Waals surface area contributed by atoms with Gasteiger partial charge >= 0.3 is 5.97 Å². The Hall–Kier alpha value is -1.27. The Kier molecular flexibility index (Phi) is 53.6. The maximum Gasteiger partial charge on any atom is 0.327 e. The third-order valence-electron chi connectivity index (χ3n) is 3.34. The molecule has 14 nitrogen and oxygen atoms in total. The van der Waals surface area contributed by atoms with Gasteiger partial charge in [0.2, 0.25) is 0 Å². The fourth-order valence-electron chi connectivity index (χ4n) is 1.18. The number of carboxylic acid groups (broad SMARTS) is 1. The zero-order chi connectivity index (χ0) is 28.2. The van der Waals surface area contributed by atoms with Crippen molar-refractivity contribution in [3.63, 3.8) is 0 Å². The molecule has 0 aliphatic heterocycles. The molecule has 0 saturated carbocycles. The van der Waals surface area contributed by atoms with Crippen LogP contribution in [0.3, 0.4) is 0 Å². The zero-order valence-corrected chi connectivity index (χ0v) is 20.7. The van der Waals surface area contributed by atoms with Crippen LogP contribution in [0.4, 0.5) is 0 Å². The molecule has 0 aromatic carbocycles. The molecule has 0 aliphatic rings. The van der Waals surface area contributed by atoms with Crippen LogP contribution in [-0.2, 0) is 19.0 Å². The van der Waals surface area contributed by atoms with Crippen LogP contribution in [0, 0.1) is 5.41 Å². The van der Waals surface area contributed by atoms with Crippen molar-refractivity contribution in [2.75, 3.05) is 99.1 Å². The van der Waals surface area contributed by atoms with Crippen LogP contribution in [0.1, 0.15) is 13.3 Å². The lowest BCUT2D eigenvalue weighted by atomic mass is 9.88. The first-order valence-corrected chi connectivity index (χ1v) is 10.8. The largest absolute Gasteiger partial charge is 0.478 e. The number of rotatable bonds is 17. The smallest absolute Gasteiger partial charge is 0.327 e. The summed E-state index contributed by atoms with van der Waals surface area (Å²) in [5.74, 6) is -0.981. The van der Waals surface area contributed by atoms with Gasteiger partial charge in [-0.25, -0.2) is 4.79 Å². The Bertz CT molecular complexity index is 315. The van der Waals surface area contributed by atoms with Gasteiger partial charge in [-0.15, -0.1) is 0 Å². The van der Waals surface area contributed by atoms with Crippen LogP contribution in [-0.4, -0.2) is 156 Å². The molecule has 216 valence electrons. The van der Waals surface area contributed by atoms with Crippen molar-refractivity contribution in [1.82, 2.24) is 0 Å². The van der Waals surface area contributed by atoms with Gasteiger partial charge in [0.05, 0.1) is 99.1 Å². The van der Waals surface area contributed by atoms with Crippen LogP contribution >= 0.6 is 0 Å². The number of aliphatic hydroxyl groups is 9. The molecular formula is C21H48O14. The molecule has 0 fully saturated rings. The van der Waals surface area contributed by atoms with E-state index in [0.717, 1.165) is 6.08 Å². The van der Waals surface area contributed by atoms with E-state index in [-0.39, 0.29) is 59.5 Å². The van der Waals surface area contributed by atoms with E-state index in [1.807, 2.05) is 6.92 Å². The van der Waals surface area contributed by atoms with Crippen molar-refractivity contribution < 1.29 is 70.1 Å². The zero-order valence-electron chi connectivity index (χ0n) is 20.7. The van der Waals surface area contributed by atoms with Crippen molar-refractivity contribution in [3.05, 3.63) is 12.7 Å². The Morgan fingerprint density at radius 2 is 0.829 bits per heavy atom. The van der Waals surface area contributed by atoms with Crippen LogP contribution < -0.4 is 0 Å². The van der Waals surface area contributed by atoms with Gasteiger partial charge in [0, 0.05) is 11.5 Å². The predicted molar refractivity (Wildman–Crippen MR) is 127 cm³/mol. The van der Waals surface area contributed by atoms with Crippen LogP contribution in [0.15, 0.2) is 12.7 Å². The van der Waals surface area contributed by atoms with Crippen molar-refractivity contribution in [2.24, 2.45) is 5.41 Å². The standard InChI is InChI=1S/C6H14O3.3C4H10O3.C3H4O2/c1-2-6(3-7,4-8)5-9;3*5-1-3-7-4-2-6;1-2-3(4)5/h7-9H,2-5H2,1H3;3*5-6H,1-4H2;2H,1H2,(H,4,5). The molecule has 0 aromatic rings. The highest BCUT2D eigenvalue weighted by Gasteiger charge is 2.24. The SMILES string of the molecule is C=CC(=O)O.CCC(CO)(CO)CO.OCCOCCO.OCCOCCO.OCCOCCO. The minimum absolute atomic E-state index is 0.0278. The summed E-state index contributed by atoms with van der Waals surface area (Å²) in [5, 5.41) is 82.1. The number of aliphatic carboxylic acids is 1. The molecule has 0 spiro atoms. The van der Waals surface area contributed by atoms with E-state index in [4.69, 9.17) is 51.1 Å². The highest BCUT2D eigenvalue weighted by molar-refractivity contribution is 5.78. The van der Waals surface area contributed by atoms with E-state index >= 15 is 0 Å². The maximum atomic E-state index is 9.25. The van der Waals surface area contributed by atoms with E-state index in [9.17, 15) is 4.79 Å². The lowest BCUT2D eigenvalue weighted by Gasteiger charge is -2.24.